The number of hydrogen-bond donors (Lipinski definition) is 1. The fourth-order valence-corrected chi connectivity index (χ4v) is 7.71. The van der Waals surface area contributed by atoms with E-state index in [1.54, 1.807) is 15.6 Å². The van der Waals surface area contributed by atoms with Crippen molar-refractivity contribution in [2.45, 2.75) is 38.6 Å². The second-order valence-corrected chi connectivity index (χ2v) is 13.3. The Balaban J connectivity index is 1.32. The van der Waals surface area contributed by atoms with Crippen LogP contribution in [0.15, 0.2) is 35.5 Å². The van der Waals surface area contributed by atoms with Crippen molar-refractivity contribution < 1.29 is 13.2 Å². The fraction of sp³-hybridized carbons (Fsp3) is 0.520. The van der Waals surface area contributed by atoms with E-state index in [1.165, 1.54) is 11.1 Å². The minimum atomic E-state index is -3.19. The Hall–Kier alpha value is -2.35. The Bertz CT molecular complexity index is 1400. The van der Waals surface area contributed by atoms with Crippen LogP contribution in [0.5, 0.6) is 0 Å². The van der Waals surface area contributed by atoms with E-state index in [-0.39, 0.29) is 18.2 Å². The second-order valence-electron chi connectivity index (χ2n) is 10.2. The largest absolute Gasteiger partial charge is 0.379 e. The second kappa shape index (κ2) is 9.75. The van der Waals surface area contributed by atoms with E-state index < -0.39 is 10.0 Å². The van der Waals surface area contributed by atoms with Crippen LogP contribution in [0.4, 0.5) is 5.69 Å². The number of aliphatic imine (C=N–C) groups is 1. The van der Waals surface area contributed by atoms with Crippen molar-refractivity contribution in [2.75, 3.05) is 50.7 Å². The van der Waals surface area contributed by atoms with Crippen molar-refractivity contribution in [3.63, 3.8) is 0 Å². The number of anilines is 1. The number of morpholine rings is 1. The summed E-state index contributed by atoms with van der Waals surface area (Å²) in [6.07, 6.45) is 5.00. The third-order valence-electron chi connectivity index (χ3n) is 7.57. The van der Waals surface area contributed by atoms with Crippen molar-refractivity contribution in [2.24, 2.45) is 4.99 Å². The smallest absolute Gasteiger partial charge is 0.211 e. The maximum atomic E-state index is 12.1. The van der Waals surface area contributed by atoms with Gasteiger partial charge in [0.05, 0.1) is 41.7 Å². The summed E-state index contributed by atoms with van der Waals surface area (Å²) in [7, 11) is -3.19. The highest BCUT2D eigenvalue weighted by Gasteiger charge is 2.36. The van der Waals surface area contributed by atoms with Gasteiger partial charge in [-0.2, -0.15) is 9.40 Å². The number of benzene rings is 1. The Morgan fingerprint density at radius 2 is 1.92 bits per heavy atom. The zero-order valence-electron chi connectivity index (χ0n) is 21.4. The number of rotatable bonds is 5. The van der Waals surface area contributed by atoms with E-state index in [1.807, 2.05) is 18.5 Å². The number of fused-ring (bicyclic) bond motifs is 2. The summed E-state index contributed by atoms with van der Waals surface area (Å²) >= 11 is 1.77. The third-order valence-corrected chi connectivity index (χ3v) is 9.85. The molecule has 0 bridgehead atoms. The standard InChI is InChI=1S/C25H33N7O3S2/c1-17-14-30(37(3,33)34)15-18(2)31(17)16-19-11-23-24(36-19)13-26-25(32(23)29-7-9-35-10-8-29)20-5-4-6-22-21(20)12-27-28-22/h4-6,11-13,17-18,25H,7-10,14-16H2,1-3H3,(H,27,28)/t17-,18+,25?. The van der Waals surface area contributed by atoms with Crippen molar-refractivity contribution in [3.05, 3.63) is 45.8 Å². The molecule has 1 unspecified atom stereocenters. The van der Waals surface area contributed by atoms with E-state index >= 15 is 0 Å². The summed E-state index contributed by atoms with van der Waals surface area (Å²) in [5.41, 5.74) is 3.28. The molecule has 3 aromatic rings. The van der Waals surface area contributed by atoms with Crippen LogP contribution in [-0.4, -0.2) is 96.8 Å². The van der Waals surface area contributed by atoms with Gasteiger partial charge in [-0.1, -0.05) is 12.1 Å². The Kier molecular flexibility index (Phi) is 6.58. The van der Waals surface area contributed by atoms with Crippen molar-refractivity contribution >= 4 is 44.2 Å². The van der Waals surface area contributed by atoms with Gasteiger partial charge in [-0.3, -0.25) is 20.0 Å². The van der Waals surface area contributed by atoms with E-state index in [4.69, 9.17) is 9.73 Å². The number of aromatic nitrogens is 2. The molecule has 12 heteroatoms. The third kappa shape index (κ3) is 4.70. The van der Waals surface area contributed by atoms with Gasteiger partial charge < -0.3 is 4.74 Å². The number of hydrazine groups is 1. The number of hydrogen-bond acceptors (Lipinski definition) is 9. The lowest BCUT2D eigenvalue weighted by molar-refractivity contribution is 0.0266. The van der Waals surface area contributed by atoms with E-state index in [9.17, 15) is 8.42 Å². The SMILES string of the molecule is C[C@@H]1CN(S(C)(=O)=O)C[C@H](C)N1Cc1cc2c(s1)C=NC(c1cccc3[nH]ncc13)N2N1CCOCC1. The topological polar surface area (TPSA) is 97.4 Å². The van der Waals surface area contributed by atoms with Crippen LogP contribution in [0, 0.1) is 0 Å². The van der Waals surface area contributed by atoms with Crippen LogP contribution in [-0.2, 0) is 21.3 Å². The van der Waals surface area contributed by atoms with Crippen molar-refractivity contribution in [1.29, 1.82) is 0 Å². The molecule has 0 radical (unpaired) electrons. The fourth-order valence-electron chi connectivity index (χ4n) is 5.70. The van der Waals surface area contributed by atoms with Gasteiger partial charge in [-0.25, -0.2) is 13.4 Å². The molecule has 3 aliphatic heterocycles. The van der Waals surface area contributed by atoms with Gasteiger partial charge in [-0.15, -0.1) is 11.3 Å². The highest BCUT2D eigenvalue weighted by Crippen LogP contribution is 2.42. The highest BCUT2D eigenvalue weighted by molar-refractivity contribution is 7.88. The molecular weight excluding hydrogens is 510 g/mol. The molecule has 37 heavy (non-hydrogen) atoms. The molecule has 0 spiro atoms. The molecule has 5 heterocycles. The Morgan fingerprint density at radius 3 is 2.65 bits per heavy atom. The van der Waals surface area contributed by atoms with E-state index in [0.29, 0.717) is 26.3 Å². The molecule has 10 nitrogen and oxygen atoms in total. The number of nitrogens with one attached hydrogen (secondary N) is 1. The molecule has 6 rings (SSSR count). The number of sulfonamides is 1. The molecule has 2 aromatic heterocycles. The zero-order chi connectivity index (χ0) is 25.7. The predicted molar refractivity (Wildman–Crippen MR) is 147 cm³/mol. The van der Waals surface area contributed by atoms with E-state index in [2.05, 4.69) is 57.2 Å². The Labute approximate surface area is 221 Å². The lowest BCUT2D eigenvalue weighted by Crippen LogP contribution is -2.57. The first kappa shape index (κ1) is 25.0. The van der Waals surface area contributed by atoms with Crippen LogP contribution >= 0.6 is 11.3 Å². The molecule has 0 saturated carbocycles. The summed E-state index contributed by atoms with van der Waals surface area (Å²) in [6, 6.07) is 8.79. The van der Waals surface area contributed by atoms with Crippen LogP contribution in [0.1, 0.15) is 35.3 Å². The van der Waals surface area contributed by atoms with Gasteiger partial charge in [0.2, 0.25) is 10.0 Å². The minimum Gasteiger partial charge on any atom is -0.379 e. The molecule has 0 aliphatic carbocycles. The number of ether oxygens (including phenoxy) is 1. The number of aromatic amines is 1. The molecule has 3 atom stereocenters. The number of H-pyrrole nitrogens is 1. The minimum absolute atomic E-state index is 0.132. The summed E-state index contributed by atoms with van der Waals surface area (Å²) in [5, 5.41) is 13.1. The Morgan fingerprint density at radius 1 is 1.16 bits per heavy atom. The van der Waals surface area contributed by atoms with Gasteiger partial charge in [0.1, 0.15) is 0 Å². The number of thiophene rings is 1. The van der Waals surface area contributed by atoms with Crippen LogP contribution in [0.3, 0.4) is 0 Å². The first-order valence-corrected chi connectivity index (χ1v) is 15.4. The van der Waals surface area contributed by atoms with Crippen LogP contribution in [0.2, 0.25) is 0 Å². The van der Waals surface area contributed by atoms with Gasteiger partial charge in [0.25, 0.3) is 0 Å². The first-order valence-electron chi connectivity index (χ1n) is 12.7. The van der Waals surface area contributed by atoms with Crippen molar-refractivity contribution in [1.82, 2.24) is 24.4 Å². The monoisotopic (exact) mass is 543 g/mol. The first-order chi connectivity index (χ1) is 17.8. The predicted octanol–water partition coefficient (Wildman–Crippen LogP) is 2.66. The van der Waals surface area contributed by atoms with E-state index in [0.717, 1.165) is 46.7 Å². The van der Waals surface area contributed by atoms with Gasteiger partial charge in [0.15, 0.2) is 6.17 Å². The molecule has 198 valence electrons. The molecule has 1 N–H and O–H groups in total. The highest BCUT2D eigenvalue weighted by atomic mass is 32.2. The van der Waals surface area contributed by atoms with Crippen LogP contribution in [0.25, 0.3) is 10.9 Å². The van der Waals surface area contributed by atoms with Gasteiger partial charge in [0, 0.05) is 66.8 Å². The lowest BCUT2D eigenvalue weighted by Gasteiger charge is -2.43. The zero-order valence-corrected chi connectivity index (χ0v) is 23.0. The van der Waals surface area contributed by atoms with Gasteiger partial charge in [-0.05, 0) is 26.0 Å². The van der Waals surface area contributed by atoms with Crippen molar-refractivity contribution in [3.8, 4) is 0 Å². The molecule has 1 aromatic carbocycles. The molecule has 0 amide bonds. The summed E-state index contributed by atoms with van der Waals surface area (Å²) in [6.45, 7) is 9.04. The molecular formula is C25H33N7O3S2. The number of nitrogens with zero attached hydrogens (tertiary/aromatic N) is 6. The quantitative estimate of drug-likeness (QED) is 0.529. The summed E-state index contributed by atoms with van der Waals surface area (Å²) < 4.78 is 31.6. The average molecular weight is 544 g/mol. The van der Waals surface area contributed by atoms with Crippen LogP contribution < -0.4 is 5.01 Å². The number of piperazine rings is 1. The lowest BCUT2D eigenvalue weighted by atomic mass is 10.1. The van der Waals surface area contributed by atoms with Gasteiger partial charge >= 0.3 is 0 Å². The summed E-state index contributed by atoms with van der Waals surface area (Å²) in [4.78, 5) is 9.87. The summed E-state index contributed by atoms with van der Waals surface area (Å²) in [5.74, 6) is 0. The molecule has 2 fully saturated rings. The normalized spacial score (nSPS) is 26.1. The maximum absolute atomic E-state index is 12.1. The molecule has 2 saturated heterocycles. The molecule has 3 aliphatic rings. The maximum Gasteiger partial charge on any atom is 0.211 e. The average Bonchev–Trinajstić information content (AvgIpc) is 3.52.